The second-order valence-corrected chi connectivity index (χ2v) is 5.70. The summed E-state index contributed by atoms with van der Waals surface area (Å²) in [5.41, 5.74) is 10.4. The van der Waals surface area contributed by atoms with Gasteiger partial charge in [0.2, 0.25) is 5.71 Å². The number of thiazole rings is 1. The third kappa shape index (κ3) is 3.17. The SMILES string of the molecule is N#C/C(=N\Nc1cccc(-c2nc3ccccc3s2)c1)C(=N)N. The van der Waals surface area contributed by atoms with Gasteiger partial charge in [0, 0.05) is 5.56 Å². The molecule has 3 rings (SSSR count). The summed E-state index contributed by atoms with van der Waals surface area (Å²) in [6.45, 7) is 0. The fourth-order valence-corrected chi connectivity index (χ4v) is 2.95. The molecule has 0 radical (unpaired) electrons. The molecule has 112 valence electrons. The van der Waals surface area contributed by atoms with Crippen LogP contribution in [0.15, 0.2) is 53.6 Å². The average Bonchev–Trinajstić information content (AvgIpc) is 2.99. The molecule has 4 N–H and O–H groups in total. The summed E-state index contributed by atoms with van der Waals surface area (Å²) < 4.78 is 1.13. The van der Waals surface area contributed by atoms with Gasteiger partial charge in [0.25, 0.3) is 0 Å². The van der Waals surface area contributed by atoms with E-state index in [1.807, 2.05) is 48.5 Å². The van der Waals surface area contributed by atoms with Crippen LogP contribution in [0.2, 0.25) is 0 Å². The average molecular weight is 320 g/mol. The van der Waals surface area contributed by atoms with Crippen LogP contribution >= 0.6 is 11.3 Å². The van der Waals surface area contributed by atoms with E-state index in [0.29, 0.717) is 5.69 Å². The van der Waals surface area contributed by atoms with E-state index in [1.165, 1.54) is 0 Å². The van der Waals surface area contributed by atoms with Crippen molar-refractivity contribution in [2.45, 2.75) is 0 Å². The highest BCUT2D eigenvalue weighted by Gasteiger charge is 2.07. The van der Waals surface area contributed by atoms with E-state index in [9.17, 15) is 0 Å². The number of amidine groups is 1. The van der Waals surface area contributed by atoms with Crippen LogP contribution in [0.5, 0.6) is 0 Å². The Hall–Kier alpha value is -3.24. The van der Waals surface area contributed by atoms with Crippen molar-refractivity contribution in [1.29, 1.82) is 10.7 Å². The van der Waals surface area contributed by atoms with Crippen LogP contribution in [0.4, 0.5) is 5.69 Å². The summed E-state index contributed by atoms with van der Waals surface area (Å²) in [5.74, 6) is -0.373. The van der Waals surface area contributed by atoms with Gasteiger partial charge < -0.3 is 5.73 Å². The highest BCUT2D eigenvalue weighted by molar-refractivity contribution is 7.21. The van der Waals surface area contributed by atoms with Gasteiger partial charge >= 0.3 is 0 Å². The van der Waals surface area contributed by atoms with Crippen molar-refractivity contribution < 1.29 is 0 Å². The van der Waals surface area contributed by atoms with Crippen molar-refractivity contribution >= 4 is 38.8 Å². The number of hydrogen-bond acceptors (Lipinski definition) is 6. The lowest BCUT2D eigenvalue weighted by molar-refractivity contribution is 1.33. The Morgan fingerprint density at radius 1 is 1.26 bits per heavy atom. The molecule has 0 unspecified atom stereocenters. The molecular formula is C16H12N6S. The van der Waals surface area contributed by atoms with Crippen LogP contribution in [0.3, 0.4) is 0 Å². The molecule has 0 aliphatic rings. The van der Waals surface area contributed by atoms with Crippen molar-refractivity contribution in [2.24, 2.45) is 10.8 Å². The van der Waals surface area contributed by atoms with Crippen molar-refractivity contribution in [3.05, 3.63) is 48.5 Å². The van der Waals surface area contributed by atoms with E-state index in [1.54, 1.807) is 17.4 Å². The fourth-order valence-electron chi connectivity index (χ4n) is 1.98. The van der Waals surface area contributed by atoms with Crippen LogP contribution in [0.1, 0.15) is 0 Å². The number of nitriles is 1. The zero-order valence-electron chi connectivity index (χ0n) is 11.9. The van der Waals surface area contributed by atoms with E-state index in [4.69, 9.17) is 16.4 Å². The predicted octanol–water partition coefficient (Wildman–Crippen LogP) is 3.19. The Balaban J connectivity index is 1.91. The van der Waals surface area contributed by atoms with Gasteiger partial charge in [-0.3, -0.25) is 10.8 Å². The van der Waals surface area contributed by atoms with E-state index >= 15 is 0 Å². The topological polar surface area (TPSA) is 111 Å². The molecule has 6 nitrogen and oxygen atoms in total. The fraction of sp³-hybridized carbons (Fsp3) is 0. The first-order valence-corrected chi connectivity index (χ1v) is 7.53. The molecule has 0 amide bonds. The molecule has 3 aromatic rings. The monoisotopic (exact) mass is 320 g/mol. The number of hydrazone groups is 1. The van der Waals surface area contributed by atoms with Gasteiger partial charge in [-0.25, -0.2) is 4.98 Å². The lowest BCUT2D eigenvalue weighted by Crippen LogP contribution is -2.21. The summed E-state index contributed by atoms with van der Waals surface area (Å²) in [6, 6.07) is 17.3. The number of nitrogens with zero attached hydrogens (tertiary/aromatic N) is 3. The van der Waals surface area contributed by atoms with Gasteiger partial charge in [-0.2, -0.15) is 10.4 Å². The number of anilines is 1. The highest BCUT2D eigenvalue weighted by Crippen LogP contribution is 2.31. The molecule has 0 aliphatic heterocycles. The van der Waals surface area contributed by atoms with Gasteiger partial charge in [-0.1, -0.05) is 24.3 Å². The van der Waals surface area contributed by atoms with Crippen LogP contribution < -0.4 is 11.2 Å². The Labute approximate surface area is 136 Å². The molecule has 0 atom stereocenters. The largest absolute Gasteiger partial charge is 0.382 e. The molecule has 2 aromatic carbocycles. The molecule has 7 heteroatoms. The third-order valence-electron chi connectivity index (χ3n) is 3.06. The molecule has 0 bridgehead atoms. The Kier molecular flexibility index (Phi) is 3.99. The minimum Gasteiger partial charge on any atom is -0.382 e. The maximum atomic E-state index is 8.84. The van der Waals surface area contributed by atoms with Crippen molar-refractivity contribution in [2.75, 3.05) is 5.43 Å². The van der Waals surface area contributed by atoms with Crippen LogP contribution in [-0.4, -0.2) is 16.5 Å². The molecule has 0 fully saturated rings. The first-order chi connectivity index (χ1) is 11.2. The maximum absolute atomic E-state index is 8.84. The molecule has 0 saturated heterocycles. The molecule has 1 aromatic heterocycles. The first-order valence-electron chi connectivity index (χ1n) is 6.71. The van der Waals surface area contributed by atoms with Crippen LogP contribution in [0.25, 0.3) is 20.8 Å². The quantitative estimate of drug-likeness (QED) is 0.389. The minimum absolute atomic E-state index is 0.157. The van der Waals surface area contributed by atoms with E-state index in [0.717, 1.165) is 20.8 Å². The van der Waals surface area contributed by atoms with Gasteiger partial charge in [-0.05, 0) is 24.3 Å². The van der Waals surface area contributed by atoms with Gasteiger partial charge in [-0.15, -0.1) is 11.3 Å². The standard InChI is InChI=1S/C16H12N6S/c17-9-13(15(18)19)22-21-11-5-3-4-10(8-11)16-20-12-6-1-2-7-14(12)23-16/h1-8,21H,(H3,18,19)/b22-13+. The first kappa shape index (κ1) is 14.7. The van der Waals surface area contributed by atoms with E-state index in [2.05, 4.69) is 15.5 Å². The van der Waals surface area contributed by atoms with E-state index < -0.39 is 0 Å². The normalized spacial score (nSPS) is 11.2. The number of para-hydroxylation sites is 1. The van der Waals surface area contributed by atoms with Gasteiger partial charge in [0.1, 0.15) is 11.1 Å². The van der Waals surface area contributed by atoms with Crippen molar-refractivity contribution in [1.82, 2.24) is 4.98 Å². The summed E-state index contributed by atoms with van der Waals surface area (Å²) in [5, 5.41) is 20.8. The van der Waals surface area contributed by atoms with Crippen LogP contribution in [0, 0.1) is 16.7 Å². The molecule has 0 saturated carbocycles. The summed E-state index contributed by atoms with van der Waals surface area (Å²) in [6.07, 6.45) is 0. The highest BCUT2D eigenvalue weighted by atomic mass is 32.1. The van der Waals surface area contributed by atoms with Gasteiger partial charge in [0.05, 0.1) is 15.9 Å². The number of nitrogens with two attached hydrogens (primary N) is 1. The van der Waals surface area contributed by atoms with Crippen LogP contribution in [-0.2, 0) is 0 Å². The Morgan fingerprint density at radius 3 is 2.83 bits per heavy atom. The number of hydrogen-bond donors (Lipinski definition) is 3. The Bertz CT molecular complexity index is 917. The smallest absolute Gasteiger partial charge is 0.201 e. The second kappa shape index (κ2) is 6.25. The van der Waals surface area contributed by atoms with Gasteiger partial charge in [0.15, 0.2) is 5.84 Å². The number of aromatic nitrogens is 1. The molecule has 23 heavy (non-hydrogen) atoms. The molecule has 1 heterocycles. The van der Waals surface area contributed by atoms with Crippen molar-refractivity contribution in [3.8, 4) is 16.6 Å². The number of nitrogens with one attached hydrogen (secondary N) is 2. The lowest BCUT2D eigenvalue weighted by Gasteiger charge is -2.03. The zero-order chi connectivity index (χ0) is 16.2. The summed E-state index contributed by atoms with van der Waals surface area (Å²) in [4.78, 5) is 4.61. The predicted molar refractivity (Wildman–Crippen MR) is 93.6 cm³/mol. The summed E-state index contributed by atoms with van der Waals surface area (Å²) >= 11 is 1.61. The van der Waals surface area contributed by atoms with Crippen molar-refractivity contribution in [3.63, 3.8) is 0 Å². The minimum atomic E-state index is -0.373. The molecular weight excluding hydrogens is 308 g/mol. The van der Waals surface area contributed by atoms with E-state index in [-0.39, 0.29) is 11.5 Å². The molecule has 0 spiro atoms. The second-order valence-electron chi connectivity index (χ2n) is 4.67. The Morgan fingerprint density at radius 2 is 2.09 bits per heavy atom. The third-order valence-corrected chi connectivity index (χ3v) is 4.15. The number of benzene rings is 2. The number of rotatable bonds is 4. The summed E-state index contributed by atoms with van der Waals surface area (Å²) in [7, 11) is 0. The zero-order valence-corrected chi connectivity index (χ0v) is 12.8. The number of fused-ring (bicyclic) bond motifs is 1. The molecule has 0 aliphatic carbocycles. The lowest BCUT2D eigenvalue weighted by atomic mass is 10.2. The maximum Gasteiger partial charge on any atom is 0.201 e.